The number of ether oxygens (including phenoxy) is 1. The highest BCUT2D eigenvalue weighted by atomic mass is 19.1. The molecular weight excluding hydrogens is 358 g/mol. The summed E-state index contributed by atoms with van der Waals surface area (Å²) in [5.41, 5.74) is 1.50. The van der Waals surface area contributed by atoms with Crippen molar-refractivity contribution in [2.75, 3.05) is 40.3 Å². The van der Waals surface area contributed by atoms with E-state index >= 15 is 0 Å². The lowest BCUT2D eigenvalue weighted by atomic mass is 9.95. The van der Waals surface area contributed by atoms with E-state index in [1.54, 1.807) is 7.11 Å². The highest BCUT2D eigenvalue weighted by molar-refractivity contribution is 5.27. The average Bonchev–Trinajstić information content (AvgIpc) is 2.71. The van der Waals surface area contributed by atoms with Gasteiger partial charge >= 0.3 is 0 Å². The predicted octanol–water partition coefficient (Wildman–Crippen LogP) is 4.36. The zero-order valence-corrected chi connectivity index (χ0v) is 16.8. The summed E-state index contributed by atoms with van der Waals surface area (Å²) in [5.74, 6) is 0.557. The smallest absolute Gasteiger partial charge is 0.130 e. The molecule has 0 atom stereocenters. The lowest BCUT2D eigenvalue weighted by molar-refractivity contribution is 0.152. The maximum atomic E-state index is 13.8. The zero-order valence-electron chi connectivity index (χ0n) is 16.8. The fourth-order valence-electron chi connectivity index (χ4n) is 3.93. The summed E-state index contributed by atoms with van der Waals surface area (Å²) in [4.78, 5) is 4.55. The molecule has 2 aromatic carbocycles. The number of hydrogen-bond donors (Lipinski definition) is 0. The first-order valence-electron chi connectivity index (χ1n) is 10.0. The van der Waals surface area contributed by atoms with Gasteiger partial charge in [0.15, 0.2) is 0 Å². The van der Waals surface area contributed by atoms with Gasteiger partial charge in [-0.05, 0) is 75.1 Å². The van der Waals surface area contributed by atoms with Crippen LogP contribution in [-0.4, -0.2) is 50.1 Å². The molecule has 28 heavy (non-hydrogen) atoms. The number of methoxy groups -OCH3 is 1. The monoisotopic (exact) mass is 388 g/mol. The second-order valence-corrected chi connectivity index (χ2v) is 7.78. The molecule has 2 aromatic rings. The molecule has 1 aliphatic heterocycles. The Labute approximate surface area is 166 Å². The molecule has 0 spiro atoms. The number of hydrogen-bond acceptors (Lipinski definition) is 3. The molecule has 1 heterocycles. The summed E-state index contributed by atoms with van der Waals surface area (Å²) in [6.07, 6.45) is 3.31. The van der Waals surface area contributed by atoms with Crippen molar-refractivity contribution in [2.24, 2.45) is 5.92 Å². The number of nitrogens with zero attached hydrogens (tertiary/aromatic N) is 2. The van der Waals surface area contributed by atoms with Crippen LogP contribution in [0.5, 0.6) is 5.75 Å². The Balaban J connectivity index is 1.40. The van der Waals surface area contributed by atoms with E-state index in [2.05, 4.69) is 17.0 Å². The third-order valence-electron chi connectivity index (χ3n) is 5.64. The Kier molecular flexibility index (Phi) is 7.40. The zero-order chi connectivity index (χ0) is 19.9. The summed E-state index contributed by atoms with van der Waals surface area (Å²) >= 11 is 0. The topological polar surface area (TPSA) is 15.7 Å². The standard InChI is InChI=1S/C23H30F2N2O/c1-26(17-21-22(24)4-3-5-23(21)25)16-19-11-14-27(15-12-19)13-10-18-6-8-20(28-2)9-7-18/h3-9,19H,10-17H2,1-2H3. The van der Waals surface area contributed by atoms with Gasteiger partial charge in [0.1, 0.15) is 17.4 Å². The number of rotatable bonds is 8. The molecule has 5 heteroatoms. The summed E-state index contributed by atoms with van der Waals surface area (Å²) in [6.45, 7) is 4.43. The number of piperidine rings is 1. The quantitative estimate of drug-likeness (QED) is 0.668. The van der Waals surface area contributed by atoms with Gasteiger partial charge in [-0.15, -0.1) is 0 Å². The molecule has 0 aliphatic carbocycles. The third-order valence-corrected chi connectivity index (χ3v) is 5.64. The van der Waals surface area contributed by atoms with Crippen molar-refractivity contribution in [2.45, 2.75) is 25.8 Å². The molecule has 1 saturated heterocycles. The molecule has 0 saturated carbocycles. The number of benzene rings is 2. The molecule has 3 rings (SSSR count). The molecule has 3 nitrogen and oxygen atoms in total. The average molecular weight is 389 g/mol. The van der Waals surface area contributed by atoms with E-state index in [9.17, 15) is 8.78 Å². The summed E-state index contributed by atoms with van der Waals surface area (Å²) in [5, 5.41) is 0. The van der Waals surface area contributed by atoms with Crippen molar-refractivity contribution in [1.82, 2.24) is 9.80 Å². The minimum Gasteiger partial charge on any atom is -0.497 e. The van der Waals surface area contributed by atoms with E-state index in [0.29, 0.717) is 12.5 Å². The second-order valence-electron chi connectivity index (χ2n) is 7.78. The molecule has 0 aromatic heterocycles. The van der Waals surface area contributed by atoms with Crippen molar-refractivity contribution in [1.29, 1.82) is 0 Å². The van der Waals surface area contributed by atoms with Crippen LogP contribution < -0.4 is 4.74 Å². The van der Waals surface area contributed by atoms with Crippen LogP contribution in [0.3, 0.4) is 0 Å². The van der Waals surface area contributed by atoms with Crippen LogP contribution in [0, 0.1) is 17.6 Å². The van der Waals surface area contributed by atoms with Gasteiger partial charge < -0.3 is 14.5 Å². The number of halogens is 2. The Morgan fingerprint density at radius 1 is 1.04 bits per heavy atom. The highest BCUT2D eigenvalue weighted by Gasteiger charge is 2.21. The van der Waals surface area contributed by atoms with E-state index in [1.807, 2.05) is 24.1 Å². The highest BCUT2D eigenvalue weighted by Crippen LogP contribution is 2.21. The van der Waals surface area contributed by atoms with E-state index in [-0.39, 0.29) is 5.56 Å². The Morgan fingerprint density at radius 2 is 1.68 bits per heavy atom. The fraction of sp³-hybridized carbons (Fsp3) is 0.478. The minimum absolute atomic E-state index is 0.168. The Morgan fingerprint density at radius 3 is 2.29 bits per heavy atom. The summed E-state index contributed by atoms with van der Waals surface area (Å²) in [7, 11) is 3.63. The van der Waals surface area contributed by atoms with Crippen molar-refractivity contribution in [3.8, 4) is 5.75 Å². The molecular formula is C23H30F2N2O. The van der Waals surface area contributed by atoms with Crippen LogP contribution in [0.15, 0.2) is 42.5 Å². The number of likely N-dealkylation sites (tertiary alicyclic amines) is 1. The maximum Gasteiger partial charge on any atom is 0.130 e. The summed E-state index contributed by atoms with van der Waals surface area (Å²) < 4.78 is 32.9. The molecule has 1 fully saturated rings. The first kappa shape index (κ1) is 20.7. The van der Waals surface area contributed by atoms with Crippen LogP contribution in [0.2, 0.25) is 0 Å². The van der Waals surface area contributed by atoms with Crippen LogP contribution in [0.1, 0.15) is 24.0 Å². The third kappa shape index (κ3) is 5.76. The maximum absolute atomic E-state index is 13.8. The Bertz CT molecular complexity index is 723. The van der Waals surface area contributed by atoms with E-state index in [1.165, 1.54) is 23.8 Å². The van der Waals surface area contributed by atoms with E-state index in [4.69, 9.17) is 4.74 Å². The molecule has 0 amide bonds. The van der Waals surface area contributed by atoms with Gasteiger partial charge in [-0.25, -0.2) is 8.78 Å². The van der Waals surface area contributed by atoms with Gasteiger partial charge in [0, 0.05) is 25.2 Å². The first-order chi connectivity index (χ1) is 13.5. The van der Waals surface area contributed by atoms with E-state index < -0.39 is 11.6 Å². The van der Waals surface area contributed by atoms with Crippen molar-refractivity contribution >= 4 is 0 Å². The SMILES string of the molecule is COc1ccc(CCN2CCC(CN(C)Cc3c(F)cccc3F)CC2)cc1. The fourth-order valence-corrected chi connectivity index (χ4v) is 3.93. The lowest BCUT2D eigenvalue weighted by Crippen LogP contribution is -2.38. The predicted molar refractivity (Wildman–Crippen MR) is 109 cm³/mol. The van der Waals surface area contributed by atoms with Gasteiger partial charge in [-0.2, -0.15) is 0 Å². The van der Waals surface area contributed by atoms with Crippen molar-refractivity contribution in [3.05, 3.63) is 65.2 Å². The van der Waals surface area contributed by atoms with Gasteiger partial charge in [-0.3, -0.25) is 0 Å². The first-order valence-corrected chi connectivity index (χ1v) is 10.0. The minimum atomic E-state index is -0.458. The normalized spacial score (nSPS) is 15.9. The van der Waals surface area contributed by atoms with Gasteiger partial charge in [-0.1, -0.05) is 18.2 Å². The molecule has 0 N–H and O–H groups in total. The molecule has 0 radical (unpaired) electrons. The molecule has 152 valence electrons. The second kappa shape index (κ2) is 9.99. The van der Waals surface area contributed by atoms with Crippen LogP contribution in [0.4, 0.5) is 8.78 Å². The molecule has 0 bridgehead atoms. The van der Waals surface area contributed by atoms with Crippen LogP contribution in [-0.2, 0) is 13.0 Å². The van der Waals surface area contributed by atoms with Gasteiger partial charge in [0.2, 0.25) is 0 Å². The van der Waals surface area contributed by atoms with Crippen LogP contribution >= 0.6 is 0 Å². The van der Waals surface area contributed by atoms with E-state index in [0.717, 1.165) is 51.2 Å². The van der Waals surface area contributed by atoms with Crippen LogP contribution in [0.25, 0.3) is 0 Å². The van der Waals surface area contributed by atoms with Gasteiger partial charge in [0.25, 0.3) is 0 Å². The van der Waals surface area contributed by atoms with Crippen molar-refractivity contribution in [3.63, 3.8) is 0 Å². The Hall–Kier alpha value is -1.98. The summed E-state index contributed by atoms with van der Waals surface area (Å²) in [6, 6.07) is 12.3. The lowest BCUT2D eigenvalue weighted by Gasteiger charge is -2.34. The van der Waals surface area contributed by atoms with Gasteiger partial charge in [0.05, 0.1) is 7.11 Å². The molecule has 1 aliphatic rings. The molecule has 0 unspecified atom stereocenters. The van der Waals surface area contributed by atoms with Crippen molar-refractivity contribution < 1.29 is 13.5 Å². The largest absolute Gasteiger partial charge is 0.497 e.